The van der Waals surface area contributed by atoms with Gasteiger partial charge >= 0.3 is 0 Å². The number of rotatable bonds is 4. The third-order valence-corrected chi connectivity index (χ3v) is 3.36. The Bertz CT molecular complexity index is 753. The summed E-state index contributed by atoms with van der Waals surface area (Å²) in [6.07, 6.45) is -0.873. The van der Waals surface area contributed by atoms with E-state index in [1.54, 1.807) is 12.1 Å². The standard InChI is InChI=1S/C16H15FN2O2/c17-12-7-5-11(6-8-12)16-18-14-3-1-2-4-15(14)19(16)9-13(21)10-20/h1-8,13,20-21H,9-10H2. The van der Waals surface area contributed by atoms with Crippen LogP contribution in [0.2, 0.25) is 0 Å². The van der Waals surface area contributed by atoms with Gasteiger partial charge in [0.05, 0.1) is 30.3 Å². The van der Waals surface area contributed by atoms with Crippen LogP contribution in [0.15, 0.2) is 48.5 Å². The summed E-state index contributed by atoms with van der Waals surface area (Å²) in [5, 5.41) is 18.8. The van der Waals surface area contributed by atoms with Crippen LogP contribution in [0.1, 0.15) is 0 Å². The second-order valence-corrected chi connectivity index (χ2v) is 4.88. The van der Waals surface area contributed by atoms with Crippen LogP contribution >= 0.6 is 0 Å². The molecule has 0 fully saturated rings. The van der Waals surface area contributed by atoms with E-state index in [1.165, 1.54) is 12.1 Å². The summed E-state index contributed by atoms with van der Waals surface area (Å²) >= 11 is 0. The van der Waals surface area contributed by atoms with Crippen molar-refractivity contribution in [1.29, 1.82) is 0 Å². The van der Waals surface area contributed by atoms with Crippen molar-refractivity contribution in [3.8, 4) is 11.4 Å². The number of aromatic nitrogens is 2. The molecule has 108 valence electrons. The van der Waals surface area contributed by atoms with Gasteiger partial charge in [-0.1, -0.05) is 12.1 Å². The van der Waals surface area contributed by atoms with Gasteiger partial charge < -0.3 is 14.8 Å². The highest BCUT2D eigenvalue weighted by atomic mass is 19.1. The van der Waals surface area contributed by atoms with E-state index in [9.17, 15) is 9.50 Å². The lowest BCUT2D eigenvalue weighted by molar-refractivity contribution is 0.0824. The number of aliphatic hydroxyl groups excluding tert-OH is 2. The highest BCUT2D eigenvalue weighted by Gasteiger charge is 2.15. The molecule has 0 aliphatic heterocycles. The highest BCUT2D eigenvalue weighted by molar-refractivity contribution is 5.80. The van der Waals surface area contributed by atoms with Crippen LogP contribution in [0.5, 0.6) is 0 Å². The molecule has 2 N–H and O–H groups in total. The Morgan fingerprint density at radius 3 is 2.52 bits per heavy atom. The Hall–Kier alpha value is -2.24. The Balaban J connectivity index is 2.16. The van der Waals surface area contributed by atoms with Crippen LogP contribution < -0.4 is 0 Å². The van der Waals surface area contributed by atoms with E-state index < -0.39 is 6.10 Å². The largest absolute Gasteiger partial charge is 0.394 e. The summed E-state index contributed by atoms with van der Waals surface area (Å²) in [4.78, 5) is 4.55. The van der Waals surface area contributed by atoms with Crippen LogP contribution in [0.25, 0.3) is 22.4 Å². The van der Waals surface area contributed by atoms with Crippen LogP contribution in [0.4, 0.5) is 4.39 Å². The number of fused-ring (bicyclic) bond motifs is 1. The van der Waals surface area contributed by atoms with Crippen molar-refractivity contribution < 1.29 is 14.6 Å². The monoisotopic (exact) mass is 286 g/mol. The Kier molecular flexibility index (Phi) is 3.68. The third-order valence-electron chi connectivity index (χ3n) is 3.36. The first-order valence-electron chi connectivity index (χ1n) is 6.69. The third kappa shape index (κ3) is 2.66. The number of nitrogens with zero attached hydrogens (tertiary/aromatic N) is 2. The Morgan fingerprint density at radius 2 is 1.81 bits per heavy atom. The van der Waals surface area contributed by atoms with E-state index in [2.05, 4.69) is 4.98 Å². The zero-order valence-corrected chi connectivity index (χ0v) is 11.3. The predicted octanol–water partition coefficient (Wildman–Crippen LogP) is 2.20. The number of halogens is 1. The molecule has 0 spiro atoms. The minimum atomic E-state index is -0.873. The van der Waals surface area contributed by atoms with Crippen LogP contribution in [0.3, 0.4) is 0 Å². The number of hydrogen-bond donors (Lipinski definition) is 2. The van der Waals surface area contributed by atoms with Crippen LogP contribution in [-0.4, -0.2) is 32.5 Å². The summed E-state index contributed by atoms with van der Waals surface area (Å²) in [5.74, 6) is 0.334. The minimum Gasteiger partial charge on any atom is -0.394 e. The fourth-order valence-electron chi connectivity index (χ4n) is 2.35. The van der Waals surface area contributed by atoms with Gasteiger partial charge in [0.25, 0.3) is 0 Å². The molecular weight excluding hydrogens is 271 g/mol. The summed E-state index contributed by atoms with van der Waals surface area (Å²) in [5.41, 5.74) is 2.42. The lowest BCUT2D eigenvalue weighted by Crippen LogP contribution is -2.20. The predicted molar refractivity (Wildman–Crippen MR) is 78.2 cm³/mol. The summed E-state index contributed by atoms with van der Waals surface area (Å²) in [6.45, 7) is -0.0981. The van der Waals surface area contributed by atoms with Gasteiger partial charge in [0.15, 0.2) is 0 Å². The SMILES string of the molecule is OCC(O)Cn1c(-c2ccc(F)cc2)nc2ccccc21. The van der Waals surface area contributed by atoms with E-state index in [0.717, 1.165) is 16.6 Å². The molecule has 0 saturated heterocycles. The minimum absolute atomic E-state index is 0.226. The lowest BCUT2D eigenvalue weighted by atomic mass is 10.2. The fourth-order valence-corrected chi connectivity index (χ4v) is 2.35. The molecule has 1 heterocycles. The topological polar surface area (TPSA) is 58.3 Å². The van der Waals surface area contributed by atoms with Crippen molar-refractivity contribution in [3.05, 3.63) is 54.3 Å². The number of para-hydroxylation sites is 2. The van der Waals surface area contributed by atoms with Gasteiger partial charge in [0, 0.05) is 5.56 Å². The first kappa shape index (κ1) is 13.7. The van der Waals surface area contributed by atoms with Gasteiger partial charge in [-0.2, -0.15) is 0 Å². The molecule has 0 amide bonds. The number of benzene rings is 2. The maximum absolute atomic E-state index is 13.1. The van der Waals surface area contributed by atoms with E-state index in [0.29, 0.717) is 5.82 Å². The second kappa shape index (κ2) is 5.63. The van der Waals surface area contributed by atoms with E-state index in [1.807, 2.05) is 28.8 Å². The quantitative estimate of drug-likeness (QED) is 0.773. The zero-order valence-electron chi connectivity index (χ0n) is 11.3. The molecule has 0 aliphatic carbocycles. The average molecular weight is 286 g/mol. The van der Waals surface area contributed by atoms with E-state index >= 15 is 0 Å². The molecule has 0 bridgehead atoms. The number of imidazole rings is 1. The maximum atomic E-state index is 13.1. The fraction of sp³-hybridized carbons (Fsp3) is 0.188. The van der Waals surface area contributed by atoms with E-state index in [-0.39, 0.29) is 19.0 Å². The normalized spacial score (nSPS) is 12.7. The van der Waals surface area contributed by atoms with Crippen molar-refractivity contribution in [2.75, 3.05) is 6.61 Å². The van der Waals surface area contributed by atoms with Crippen molar-refractivity contribution in [2.24, 2.45) is 0 Å². The first-order chi connectivity index (χ1) is 10.2. The number of hydrogen-bond acceptors (Lipinski definition) is 3. The first-order valence-corrected chi connectivity index (χ1v) is 6.69. The summed E-state index contributed by atoms with van der Waals surface area (Å²) in [7, 11) is 0. The van der Waals surface area contributed by atoms with Gasteiger partial charge in [-0.15, -0.1) is 0 Å². The molecule has 3 aromatic rings. The Morgan fingerprint density at radius 1 is 1.10 bits per heavy atom. The van der Waals surface area contributed by atoms with Gasteiger partial charge in [0.2, 0.25) is 0 Å². The smallest absolute Gasteiger partial charge is 0.141 e. The number of aliphatic hydroxyl groups is 2. The molecule has 1 unspecified atom stereocenters. The van der Waals surface area contributed by atoms with Crippen molar-refractivity contribution in [2.45, 2.75) is 12.6 Å². The zero-order chi connectivity index (χ0) is 14.8. The second-order valence-electron chi connectivity index (χ2n) is 4.88. The summed E-state index contributed by atoms with van der Waals surface area (Å²) < 4.78 is 14.9. The lowest BCUT2D eigenvalue weighted by Gasteiger charge is -2.12. The van der Waals surface area contributed by atoms with Gasteiger partial charge in [-0.25, -0.2) is 9.37 Å². The van der Waals surface area contributed by atoms with Gasteiger partial charge in [0.1, 0.15) is 11.6 Å². The van der Waals surface area contributed by atoms with Crippen LogP contribution in [0, 0.1) is 5.82 Å². The molecule has 4 nitrogen and oxygen atoms in total. The maximum Gasteiger partial charge on any atom is 0.141 e. The van der Waals surface area contributed by atoms with Crippen molar-refractivity contribution in [1.82, 2.24) is 9.55 Å². The molecule has 0 aliphatic rings. The van der Waals surface area contributed by atoms with Crippen molar-refractivity contribution in [3.63, 3.8) is 0 Å². The molecule has 1 atom stereocenters. The molecule has 0 radical (unpaired) electrons. The molecule has 2 aromatic carbocycles. The molecular formula is C16H15FN2O2. The molecule has 1 aromatic heterocycles. The van der Waals surface area contributed by atoms with Crippen LogP contribution in [-0.2, 0) is 6.54 Å². The van der Waals surface area contributed by atoms with Gasteiger partial charge in [-0.05, 0) is 36.4 Å². The molecule has 5 heteroatoms. The highest BCUT2D eigenvalue weighted by Crippen LogP contribution is 2.25. The van der Waals surface area contributed by atoms with Crippen molar-refractivity contribution >= 4 is 11.0 Å². The average Bonchev–Trinajstić information content (AvgIpc) is 2.87. The summed E-state index contributed by atoms with van der Waals surface area (Å²) in [6, 6.07) is 13.6. The molecule has 21 heavy (non-hydrogen) atoms. The molecule has 3 rings (SSSR count). The van der Waals surface area contributed by atoms with E-state index in [4.69, 9.17) is 5.11 Å². The van der Waals surface area contributed by atoms with Gasteiger partial charge in [-0.3, -0.25) is 0 Å². The Labute approximate surface area is 121 Å². The molecule has 0 saturated carbocycles.